The summed E-state index contributed by atoms with van der Waals surface area (Å²) in [7, 11) is -0.791. The molecule has 0 aromatic heterocycles. The average molecular weight is 589 g/mol. The molecular weight excluding hydrogens is 558 g/mol. The molecule has 0 bridgehead atoms. The summed E-state index contributed by atoms with van der Waals surface area (Å²) in [5, 5.41) is 2.66. The molecule has 0 unspecified atom stereocenters. The van der Waals surface area contributed by atoms with E-state index in [4.69, 9.17) is 4.74 Å². The zero-order valence-corrected chi connectivity index (χ0v) is 23.3. The zero-order chi connectivity index (χ0) is 27.0. The van der Waals surface area contributed by atoms with Crippen LogP contribution >= 0.6 is 15.9 Å². The molecule has 1 N–H and O–H groups in total. The second-order valence-corrected chi connectivity index (χ2v) is 11.3. The number of methoxy groups -OCH3 is 1. The summed E-state index contributed by atoms with van der Waals surface area (Å²) in [6.45, 7) is -0.356. The number of rotatable bonds is 11. The Bertz CT molecular complexity index is 1320. The summed E-state index contributed by atoms with van der Waals surface area (Å²) in [5.74, 6) is -0.296. The van der Waals surface area contributed by atoms with E-state index in [-0.39, 0.29) is 18.9 Å². The minimum Gasteiger partial charge on any atom is -0.497 e. The highest BCUT2D eigenvalue weighted by Gasteiger charge is 2.32. The number of anilines is 1. The first-order valence-electron chi connectivity index (χ1n) is 11.5. The van der Waals surface area contributed by atoms with Gasteiger partial charge in [0.25, 0.3) is 0 Å². The Hall–Kier alpha value is -3.37. The molecule has 0 heterocycles. The van der Waals surface area contributed by atoms with Crippen LogP contribution in [-0.2, 0) is 32.6 Å². The van der Waals surface area contributed by atoms with Gasteiger partial charge in [-0.2, -0.15) is 0 Å². The highest BCUT2D eigenvalue weighted by atomic mass is 79.9. The number of carbonyl (C=O) groups is 2. The predicted octanol–water partition coefficient (Wildman–Crippen LogP) is 3.61. The van der Waals surface area contributed by atoms with Crippen molar-refractivity contribution in [1.29, 1.82) is 0 Å². The lowest BCUT2D eigenvalue weighted by Crippen LogP contribution is -2.52. The van der Waals surface area contributed by atoms with E-state index in [1.807, 2.05) is 54.6 Å². The van der Waals surface area contributed by atoms with Crippen LogP contribution in [0.4, 0.5) is 5.69 Å². The van der Waals surface area contributed by atoms with Crippen LogP contribution in [-0.4, -0.2) is 58.1 Å². The molecule has 1 atom stereocenters. The van der Waals surface area contributed by atoms with E-state index in [0.29, 0.717) is 11.4 Å². The number of hydrogen-bond acceptors (Lipinski definition) is 5. The first-order valence-corrected chi connectivity index (χ1v) is 14.2. The Labute approximate surface area is 226 Å². The molecule has 196 valence electrons. The number of benzene rings is 3. The number of hydrogen-bond donors (Lipinski definition) is 1. The first kappa shape index (κ1) is 28.2. The fourth-order valence-corrected chi connectivity index (χ4v) is 5.21. The fourth-order valence-electron chi connectivity index (χ4n) is 3.91. The SMILES string of the molecule is CNC(=O)[C@H](Cc1ccccc1)N(Cc1cccc(Br)c1)C(=O)CN(c1ccc(OC)cc1)S(C)(=O)=O. The van der Waals surface area contributed by atoms with Crippen molar-refractivity contribution in [3.63, 3.8) is 0 Å². The molecule has 3 rings (SSSR count). The minimum absolute atomic E-state index is 0.114. The van der Waals surface area contributed by atoms with Gasteiger partial charge in [-0.3, -0.25) is 13.9 Å². The van der Waals surface area contributed by atoms with Gasteiger partial charge in [-0.15, -0.1) is 0 Å². The van der Waals surface area contributed by atoms with Crippen molar-refractivity contribution >= 4 is 43.5 Å². The van der Waals surface area contributed by atoms with Crippen LogP contribution in [0.1, 0.15) is 11.1 Å². The highest BCUT2D eigenvalue weighted by Crippen LogP contribution is 2.23. The lowest BCUT2D eigenvalue weighted by atomic mass is 10.0. The molecule has 0 fully saturated rings. The predicted molar refractivity (Wildman–Crippen MR) is 148 cm³/mol. The maximum Gasteiger partial charge on any atom is 0.244 e. The van der Waals surface area contributed by atoms with Crippen molar-refractivity contribution in [2.75, 3.05) is 31.3 Å². The van der Waals surface area contributed by atoms with Gasteiger partial charge < -0.3 is 15.0 Å². The summed E-state index contributed by atoms with van der Waals surface area (Å²) in [6, 6.07) is 22.3. The van der Waals surface area contributed by atoms with Gasteiger partial charge in [0.1, 0.15) is 18.3 Å². The molecule has 0 aliphatic carbocycles. The summed E-state index contributed by atoms with van der Waals surface area (Å²) < 4.78 is 32.5. The van der Waals surface area contributed by atoms with Crippen LogP contribution in [0, 0.1) is 0 Å². The van der Waals surface area contributed by atoms with E-state index < -0.39 is 28.5 Å². The van der Waals surface area contributed by atoms with E-state index in [2.05, 4.69) is 21.2 Å². The van der Waals surface area contributed by atoms with Crippen molar-refractivity contribution in [1.82, 2.24) is 10.2 Å². The lowest BCUT2D eigenvalue weighted by molar-refractivity contribution is -0.139. The summed E-state index contributed by atoms with van der Waals surface area (Å²) >= 11 is 3.45. The molecule has 0 radical (unpaired) electrons. The minimum atomic E-state index is -3.82. The lowest BCUT2D eigenvalue weighted by Gasteiger charge is -2.33. The second kappa shape index (κ2) is 12.7. The molecule has 0 aliphatic heterocycles. The van der Waals surface area contributed by atoms with Crippen LogP contribution < -0.4 is 14.4 Å². The molecule has 37 heavy (non-hydrogen) atoms. The topological polar surface area (TPSA) is 96.0 Å². The van der Waals surface area contributed by atoms with E-state index >= 15 is 0 Å². The number of sulfonamides is 1. The van der Waals surface area contributed by atoms with Gasteiger partial charge in [-0.1, -0.05) is 58.4 Å². The van der Waals surface area contributed by atoms with Crippen LogP contribution in [0.25, 0.3) is 0 Å². The van der Waals surface area contributed by atoms with Gasteiger partial charge in [0, 0.05) is 24.5 Å². The molecule has 0 aliphatic rings. The summed E-state index contributed by atoms with van der Waals surface area (Å²) in [6.07, 6.45) is 1.31. The van der Waals surface area contributed by atoms with Crippen molar-refractivity contribution in [2.24, 2.45) is 0 Å². The molecule has 0 spiro atoms. The zero-order valence-electron chi connectivity index (χ0n) is 20.9. The first-order chi connectivity index (χ1) is 17.6. The number of ether oxygens (including phenoxy) is 1. The average Bonchev–Trinajstić information content (AvgIpc) is 2.88. The Morgan fingerprint density at radius 2 is 1.62 bits per heavy atom. The summed E-state index contributed by atoms with van der Waals surface area (Å²) in [5.41, 5.74) is 1.98. The van der Waals surface area contributed by atoms with Crippen LogP contribution in [0.5, 0.6) is 5.75 Å². The molecule has 3 aromatic rings. The Morgan fingerprint density at radius 1 is 0.973 bits per heavy atom. The van der Waals surface area contributed by atoms with E-state index in [0.717, 1.165) is 26.2 Å². The number of halogens is 1. The van der Waals surface area contributed by atoms with E-state index in [9.17, 15) is 18.0 Å². The molecular formula is C27H30BrN3O5S. The quantitative estimate of drug-likeness (QED) is 0.370. The smallest absolute Gasteiger partial charge is 0.244 e. The Balaban J connectivity index is 2.01. The third-order valence-electron chi connectivity index (χ3n) is 5.80. The molecule has 2 amide bonds. The second-order valence-electron chi connectivity index (χ2n) is 8.44. The van der Waals surface area contributed by atoms with Gasteiger partial charge in [0.2, 0.25) is 21.8 Å². The van der Waals surface area contributed by atoms with Crippen molar-refractivity contribution in [3.05, 3.63) is 94.5 Å². The number of nitrogens with one attached hydrogen (secondary N) is 1. The van der Waals surface area contributed by atoms with Crippen molar-refractivity contribution in [3.8, 4) is 5.75 Å². The maximum absolute atomic E-state index is 13.8. The van der Waals surface area contributed by atoms with Crippen molar-refractivity contribution in [2.45, 2.75) is 19.0 Å². The van der Waals surface area contributed by atoms with Gasteiger partial charge in [-0.05, 0) is 47.5 Å². The number of nitrogens with zero attached hydrogens (tertiary/aromatic N) is 2. The molecule has 3 aromatic carbocycles. The standard InChI is InChI=1S/C27H30BrN3O5S/c1-29-27(33)25(17-20-8-5-4-6-9-20)30(18-21-10-7-11-22(28)16-21)26(32)19-31(37(3,34)35)23-12-14-24(36-2)15-13-23/h4-16,25H,17-19H2,1-3H3,(H,29,33)/t25-/m0/s1. The third kappa shape index (κ3) is 7.80. The molecule has 8 nitrogen and oxygen atoms in total. The van der Waals surface area contributed by atoms with Crippen LogP contribution in [0.2, 0.25) is 0 Å². The number of likely N-dealkylation sites (N-methyl/N-ethyl adjacent to an activating group) is 1. The Morgan fingerprint density at radius 3 is 2.19 bits per heavy atom. The largest absolute Gasteiger partial charge is 0.497 e. The third-order valence-corrected chi connectivity index (χ3v) is 7.43. The number of amides is 2. The fraction of sp³-hybridized carbons (Fsp3) is 0.259. The Kier molecular flexibility index (Phi) is 9.71. The molecule has 0 saturated carbocycles. The summed E-state index contributed by atoms with van der Waals surface area (Å²) in [4.78, 5) is 28.4. The van der Waals surface area contributed by atoms with E-state index in [1.54, 1.807) is 24.3 Å². The van der Waals surface area contributed by atoms with Gasteiger partial charge in [0.15, 0.2) is 0 Å². The number of carbonyl (C=O) groups excluding carboxylic acids is 2. The maximum atomic E-state index is 13.8. The monoisotopic (exact) mass is 587 g/mol. The highest BCUT2D eigenvalue weighted by molar-refractivity contribution is 9.10. The van der Waals surface area contributed by atoms with E-state index in [1.165, 1.54) is 19.1 Å². The van der Waals surface area contributed by atoms with Gasteiger partial charge in [-0.25, -0.2) is 8.42 Å². The van der Waals surface area contributed by atoms with Crippen molar-refractivity contribution < 1.29 is 22.7 Å². The van der Waals surface area contributed by atoms with Gasteiger partial charge in [0.05, 0.1) is 19.1 Å². The molecule has 10 heteroatoms. The van der Waals surface area contributed by atoms with Crippen LogP contribution in [0.15, 0.2) is 83.3 Å². The van der Waals surface area contributed by atoms with Crippen LogP contribution in [0.3, 0.4) is 0 Å². The molecule has 0 saturated heterocycles. The van der Waals surface area contributed by atoms with Gasteiger partial charge >= 0.3 is 0 Å². The normalized spacial score (nSPS) is 11.9.